The van der Waals surface area contributed by atoms with Gasteiger partial charge in [-0.3, -0.25) is 4.79 Å². The lowest BCUT2D eigenvalue weighted by Crippen LogP contribution is -2.28. The molecule has 112 valence electrons. The average Bonchev–Trinajstić information content (AvgIpc) is 2.39. The highest BCUT2D eigenvalue weighted by Gasteiger charge is 2.26. The first kappa shape index (κ1) is 17.0. The predicted molar refractivity (Wildman–Crippen MR) is 83.4 cm³/mol. The highest BCUT2D eigenvalue weighted by atomic mass is 32.2. The predicted octanol–water partition coefficient (Wildman–Crippen LogP) is 4.40. The Labute approximate surface area is 122 Å². The van der Waals surface area contributed by atoms with Gasteiger partial charge in [-0.05, 0) is 37.5 Å². The first-order valence-electron chi connectivity index (χ1n) is 7.97. The first-order valence-corrected chi connectivity index (χ1v) is 8.95. The number of unbranched alkanes of at least 4 members (excludes halogenated alkanes) is 4. The molecular weight excluding hydrogens is 256 g/mol. The second-order valence-corrected chi connectivity index (χ2v) is 7.13. The molecule has 0 aromatic carbocycles. The summed E-state index contributed by atoms with van der Waals surface area (Å²) in [6, 6.07) is 0. The van der Waals surface area contributed by atoms with Crippen LogP contribution < -0.4 is 0 Å². The maximum atomic E-state index is 11.8. The lowest BCUT2D eigenvalue weighted by Gasteiger charge is -2.31. The van der Waals surface area contributed by atoms with Gasteiger partial charge in [-0.1, -0.05) is 51.3 Å². The Balaban J connectivity index is 2.08. The molecule has 0 bridgehead atoms. The molecule has 3 atom stereocenters. The first-order chi connectivity index (χ1) is 9.13. The Morgan fingerprint density at radius 1 is 1.21 bits per heavy atom. The minimum absolute atomic E-state index is 0.133. The molecule has 3 heteroatoms. The third-order valence-electron chi connectivity index (χ3n) is 4.28. The Morgan fingerprint density at radius 2 is 1.95 bits per heavy atom. The van der Waals surface area contributed by atoms with Crippen LogP contribution in [0.5, 0.6) is 0 Å². The molecule has 0 saturated heterocycles. The van der Waals surface area contributed by atoms with Crippen molar-refractivity contribution in [1.82, 2.24) is 0 Å². The van der Waals surface area contributed by atoms with Gasteiger partial charge in [-0.25, -0.2) is 0 Å². The van der Waals surface area contributed by atoms with Gasteiger partial charge in [0.1, 0.15) is 0 Å². The lowest BCUT2D eigenvalue weighted by molar-refractivity contribution is -0.111. The van der Waals surface area contributed by atoms with Gasteiger partial charge in [0.05, 0.1) is 6.10 Å². The molecule has 0 aromatic heterocycles. The van der Waals surface area contributed by atoms with Crippen LogP contribution in [-0.2, 0) is 4.79 Å². The fraction of sp³-hybridized carbons (Fsp3) is 0.938. The number of thioether (sulfide) groups is 1. The van der Waals surface area contributed by atoms with Gasteiger partial charge in [-0.2, -0.15) is 0 Å². The van der Waals surface area contributed by atoms with Crippen molar-refractivity contribution >= 4 is 16.9 Å². The van der Waals surface area contributed by atoms with Crippen LogP contribution >= 0.6 is 11.8 Å². The molecule has 1 saturated carbocycles. The zero-order chi connectivity index (χ0) is 14.1. The van der Waals surface area contributed by atoms with E-state index in [0.717, 1.165) is 37.9 Å². The molecule has 0 spiro atoms. The molecule has 2 nitrogen and oxygen atoms in total. The zero-order valence-electron chi connectivity index (χ0n) is 12.6. The van der Waals surface area contributed by atoms with Crippen molar-refractivity contribution in [2.75, 3.05) is 5.75 Å². The van der Waals surface area contributed by atoms with E-state index in [4.69, 9.17) is 0 Å². The molecule has 1 fully saturated rings. The van der Waals surface area contributed by atoms with Crippen LogP contribution in [0.4, 0.5) is 0 Å². The summed E-state index contributed by atoms with van der Waals surface area (Å²) in [5.74, 6) is 2.09. The molecular formula is C16H30O2S. The van der Waals surface area contributed by atoms with E-state index in [-0.39, 0.29) is 6.10 Å². The average molecular weight is 286 g/mol. The van der Waals surface area contributed by atoms with Crippen LogP contribution in [0.1, 0.15) is 71.6 Å². The van der Waals surface area contributed by atoms with Crippen molar-refractivity contribution in [2.45, 2.75) is 77.7 Å². The minimum atomic E-state index is -0.133. The third kappa shape index (κ3) is 7.36. The summed E-state index contributed by atoms with van der Waals surface area (Å²) < 4.78 is 0. The summed E-state index contributed by atoms with van der Waals surface area (Å²) in [5, 5.41) is 10.0. The number of aliphatic hydroxyl groups is 1. The number of hydrogen-bond donors (Lipinski definition) is 1. The molecule has 1 aliphatic carbocycles. The third-order valence-corrected chi connectivity index (χ3v) is 5.40. The molecule has 0 aromatic rings. The molecule has 0 radical (unpaired) electrons. The minimum Gasteiger partial charge on any atom is -0.393 e. The Kier molecular flexibility index (Phi) is 8.80. The van der Waals surface area contributed by atoms with E-state index in [0.29, 0.717) is 17.0 Å². The Bertz CT molecular complexity index is 255. The number of hydrogen-bond acceptors (Lipinski definition) is 3. The number of carbonyl (C=O) groups excluding carboxylic acids is 1. The van der Waals surface area contributed by atoms with Gasteiger partial charge >= 0.3 is 0 Å². The summed E-state index contributed by atoms with van der Waals surface area (Å²) in [6.07, 6.45) is 9.59. The summed E-state index contributed by atoms with van der Waals surface area (Å²) in [5.41, 5.74) is 0. The van der Waals surface area contributed by atoms with E-state index >= 15 is 0 Å². The smallest absolute Gasteiger partial charge is 0.188 e. The van der Waals surface area contributed by atoms with E-state index in [9.17, 15) is 9.90 Å². The SMILES string of the molecule is CCCCCCCC(=O)SCC1CC(O)CCC1C. The quantitative estimate of drug-likeness (QED) is 0.672. The molecule has 0 heterocycles. The van der Waals surface area contributed by atoms with Crippen molar-refractivity contribution in [3.63, 3.8) is 0 Å². The van der Waals surface area contributed by atoms with Gasteiger partial charge in [0.2, 0.25) is 0 Å². The van der Waals surface area contributed by atoms with Gasteiger partial charge in [0, 0.05) is 12.2 Å². The topological polar surface area (TPSA) is 37.3 Å². The van der Waals surface area contributed by atoms with Crippen LogP contribution in [0.2, 0.25) is 0 Å². The van der Waals surface area contributed by atoms with E-state index in [1.807, 2.05) is 0 Å². The van der Waals surface area contributed by atoms with Crippen molar-refractivity contribution in [1.29, 1.82) is 0 Å². The Hall–Kier alpha value is -0.0200. The highest BCUT2D eigenvalue weighted by Crippen LogP contribution is 2.32. The molecule has 3 unspecified atom stereocenters. The zero-order valence-corrected chi connectivity index (χ0v) is 13.4. The highest BCUT2D eigenvalue weighted by molar-refractivity contribution is 8.13. The number of rotatable bonds is 8. The summed E-state index contributed by atoms with van der Waals surface area (Å²) >= 11 is 1.50. The van der Waals surface area contributed by atoms with Crippen LogP contribution in [0.3, 0.4) is 0 Å². The van der Waals surface area contributed by atoms with Crippen LogP contribution in [0, 0.1) is 11.8 Å². The molecule has 1 aliphatic rings. The monoisotopic (exact) mass is 286 g/mol. The Morgan fingerprint density at radius 3 is 2.68 bits per heavy atom. The van der Waals surface area contributed by atoms with Crippen molar-refractivity contribution in [3.8, 4) is 0 Å². The summed E-state index contributed by atoms with van der Waals surface area (Å²) in [7, 11) is 0. The van der Waals surface area contributed by atoms with Crippen molar-refractivity contribution in [3.05, 3.63) is 0 Å². The maximum Gasteiger partial charge on any atom is 0.188 e. The maximum absolute atomic E-state index is 11.8. The van der Waals surface area contributed by atoms with E-state index in [1.165, 1.54) is 37.4 Å². The summed E-state index contributed by atoms with van der Waals surface area (Å²) in [6.45, 7) is 4.47. The molecule has 19 heavy (non-hydrogen) atoms. The molecule has 0 aliphatic heterocycles. The van der Waals surface area contributed by atoms with Gasteiger partial charge in [0.25, 0.3) is 0 Å². The molecule has 1 N–H and O–H groups in total. The van der Waals surface area contributed by atoms with E-state index in [1.54, 1.807) is 0 Å². The normalized spacial score (nSPS) is 27.4. The van der Waals surface area contributed by atoms with Gasteiger partial charge in [-0.15, -0.1) is 0 Å². The largest absolute Gasteiger partial charge is 0.393 e. The van der Waals surface area contributed by atoms with Crippen molar-refractivity contribution in [2.24, 2.45) is 11.8 Å². The number of aliphatic hydroxyl groups excluding tert-OH is 1. The van der Waals surface area contributed by atoms with Crippen LogP contribution in [-0.4, -0.2) is 22.1 Å². The molecule has 1 rings (SSSR count). The lowest BCUT2D eigenvalue weighted by atomic mass is 9.80. The van der Waals surface area contributed by atoms with Crippen molar-refractivity contribution < 1.29 is 9.90 Å². The van der Waals surface area contributed by atoms with Crippen LogP contribution in [0.15, 0.2) is 0 Å². The molecule has 0 amide bonds. The number of carbonyl (C=O) groups is 1. The summed E-state index contributed by atoms with van der Waals surface area (Å²) in [4.78, 5) is 11.8. The van der Waals surface area contributed by atoms with Crippen LogP contribution in [0.25, 0.3) is 0 Å². The standard InChI is InChI=1S/C16H30O2S/c1-3-4-5-6-7-8-16(18)19-12-14-11-15(17)10-9-13(14)2/h13-15,17H,3-12H2,1-2H3. The van der Waals surface area contributed by atoms with E-state index in [2.05, 4.69) is 13.8 Å². The van der Waals surface area contributed by atoms with Gasteiger partial charge in [0.15, 0.2) is 5.12 Å². The fourth-order valence-corrected chi connectivity index (χ4v) is 3.92. The second-order valence-electron chi connectivity index (χ2n) is 6.05. The fourth-order valence-electron chi connectivity index (χ4n) is 2.77. The second kappa shape index (κ2) is 9.82. The van der Waals surface area contributed by atoms with Gasteiger partial charge < -0.3 is 5.11 Å². The van der Waals surface area contributed by atoms with E-state index < -0.39 is 0 Å².